The summed E-state index contributed by atoms with van der Waals surface area (Å²) in [5.74, 6) is -0.321. The number of thioether (sulfide) groups is 1. The predicted molar refractivity (Wildman–Crippen MR) is 86.5 cm³/mol. The van der Waals surface area contributed by atoms with Crippen LogP contribution in [0.2, 0.25) is 5.02 Å². The fourth-order valence-electron chi connectivity index (χ4n) is 1.80. The van der Waals surface area contributed by atoms with Gasteiger partial charge in [0.05, 0.1) is 11.9 Å². The Bertz CT molecular complexity index is 636. The Hall–Kier alpha value is -1.56. The van der Waals surface area contributed by atoms with Gasteiger partial charge in [0.25, 0.3) is 0 Å². The molecule has 1 amide bonds. The van der Waals surface area contributed by atoms with Gasteiger partial charge in [0.2, 0.25) is 5.91 Å². The molecule has 0 bridgehead atoms. The van der Waals surface area contributed by atoms with Gasteiger partial charge in [0, 0.05) is 22.0 Å². The van der Waals surface area contributed by atoms with Crippen LogP contribution in [0.5, 0.6) is 0 Å². The second kappa shape index (κ2) is 8.17. The first kappa shape index (κ1) is 16.8. The number of carbonyl (C=O) groups excluding carboxylic acids is 1. The molecule has 1 atom stereocenters. The molecular weight excluding hydrogens is 325 g/mol. The molecule has 0 aromatic heterocycles. The fourth-order valence-corrected chi connectivity index (χ4v) is 2.79. The largest absolute Gasteiger partial charge is 0.387 e. The van der Waals surface area contributed by atoms with E-state index in [0.29, 0.717) is 10.6 Å². The summed E-state index contributed by atoms with van der Waals surface area (Å²) in [6, 6.07) is 12.9. The smallest absolute Gasteiger partial charge is 0.230 e. The van der Waals surface area contributed by atoms with E-state index in [0.717, 1.165) is 4.90 Å². The topological polar surface area (TPSA) is 49.3 Å². The zero-order valence-corrected chi connectivity index (χ0v) is 13.2. The molecule has 0 spiro atoms. The minimum atomic E-state index is -0.853. The maximum atomic E-state index is 12.8. The molecular formula is C16H15ClFNO2S. The van der Waals surface area contributed by atoms with Crippen LogP contribution in [-0.2, 0) is 4.79 Å². The number of rotatable bonds is 6. The Kier molecular flexibility index (Phi) is 6.24. The number of nitrogens with one attached hydrogen (secondary N) is 1. The van der Waals surface area contributed by atoms with Crippen LogP contribution in [0.4, 0.5) is 4.39 Å². The van der Waals surface area contributed by atoms with Crippen LogP contribution in [0.25, 0.3) is 0 Å². The minimum absolute atomic E-state index is 0.0898. The first-order chi connectivity index (χ1) is 10.6. The number of benzene rings is 2. The summed E-state index contributed by atoms with van der Waals surface area (Å²) < 4.78 is 12.8. The standard InChI is InChI=1S/C16H15ClFNO2S/c17-14-4-2-1-3-13(14)15(20)9-19-16(21)10-22-12-7-5-11(18)6-8-12/h1-8,15,20H,9-10H2,(H,19,21). The highest BCUT2D eigenvalue weighted by Crippen LogP contribution is 2.22. The second-order valence-corrected chi connectivity index (χ2v) is 6.04. The maximum absolute atomic E-state index is 12.8. The predicted octanol–water partition coefficient (Wildman–Crippen LogP) is 3.42. The maximum Gasteiger partial charge on any atom is 0.230 e. The summed E-state index contributed by atoms with van der Waals surface area (Å²) in [5.41, 5.74) is 0.579. The summed E-state index contributed by atoms with van der Waals surface area (Å²) in [4.78, 5) is 12.6. The van der Waals surface area contributed by atoms with Crippen molar-refractivity contribution in [2.75, 3.05) is 12.3 Å². The van der Waals surface area contributed by atoms with E-state index in [1.807, 2.05) is 0 Å². The molecule has 2 rings (SSSR count). The minimum Gasteiger partial charge on any atom is -0.387 e. The van der Waals surface area contributed by atoms with Crippen LogP contribution in [0.15, 0.2) is 53.4 Å². The zero-order chi connectivity index (χ0) is 15.9. The molecule has 1 unspecified atom stereocenters. The zero-order valence-electron chi connectivity index (χ0n) is 11.6. The van der Waals surface area contributed by atoms with Crippen molar-refractivity contribution in [3.05, 3.63) is 64.9 Å². The van der Waals surface area contributed by atoms with Crippen molar-refractivity contribution in [3.8, 4) is 0 Å². The van der Waals surface area contributed by atoms with E-state index < -0.39 is 6.10 Å². The number of hydrogen-bond acceptors (Lipinski definition) is 3. The number of aliphatic hydroxyl groups is 1. The highest BCUT2D eigenvalue weighted by Gasteiger charge is 2.12. The van der Waals surface area contributed by atoms with Gasteiger partial charge in [-0.25, -0.2) is 4.39 Å². The summed E-state index contributed by atoms with van der Waals surface area (Å²) >= 11 is 7.28. The van der Waals surface area contributed by atoms with E-state index in [4.69, 9.17) is 11.6 Å². The number of aliphatic hydroxyl groups excluding tert-OH is 1. The lowest BCUT2D eigenvalue weighted by atomic mass is 10.1. The van der Waals surface area contributed by atoms with E-state index in [9.17, 15) is 14.3 Å². The second-order valence-electron chi connectivity index (χ2n) is 4.58. The van der Waals surface area contributed by atoms with Crippen molar-refractivity contribution in [1.82, 2.24) is 5.32 Å². The van der Waals surface area contributed by atoms with E-state index in [-0.39, 0.29) is 24.0 Å². The van der Waals surface area contributed by atoms with Gasteiger partial charge in [-0.2, -0.15) is 0 Å². The fraction of sp³-hybridized carbons (Fsp3) is 0.188. The highest BCUT2D eigenvalue weighted by molar-refractivity contribution is 8.00. The monoisotopic (exact) mass is 339 g/mol. The number of halogens is 2. The van der Waals surface area contributed by atoms with Gasteiger partial charge in [-0.15, -0.1) is 11.8 Å². The van der Waals surface area contributed by atoms with Gasteiger partial charge in [-0.3, -0.25) is 4.79 Å². The van der Waals surface area contributed by atoms with E-state index in [1.165, 1.54) is 23.9 Å². The summed E-state index contributed by atoms with van der Waals surface area (Å²) in [5, 5.41) is 13.1. The summed E-state index contributed by atoms with van der Waals surface area (Å²) in [7, 11) is 0. The SMILES string of the molecule is O=C(CSc1ccc(F)cc1)NCC(O)c1ccccc1Cl. The van der Waals surface area contributed by atoms with Crippen molar-refractivity contribution in [2.24, 2.45) is 0 Å². The average molecular weight is 340 g/mol. The van der Waals surface area contributed by atoms with Gasteiger partial charge in [-0.05, 0) is 30.3 Å². The Balaban J connectivity index is 1.78. The van der Waals surface area contributed by atoms with Gasteiger partial charge in [0.1, 0.15) is 5.82 Å². The van der Waals surface area contributed by atoms with Crippen LogP contribution in [-0.4, -0.2) is 23.3 Å². The van der Waals surface area contributed by atoms with Crippen LogP contribution in [0, 0.1) is 5.82 Å². The van der Waals surface area contributed by atoms with Crippen LogP contribution >= 0.6 is 23.4 Å². The first-order valence-corrected chi connectivity index (χ1v) is 8.00. The highest BCUT2D eigenvalue weighted by atomic mass is 35.5. The van der Waals surface area contributed by atoms with Gasteiger partial charge >= 0.3 is 0 Å². The normalized spacial score (nSPS) is 12.0. The number of carbonyl (C=O) groups is 1. The molecule has 6 heteroatoms. The average Bonchev–Trinajstić information content (AvgIpc) is 2.52. The molecule has 2 N–H and O–H groups in total. The Morgan fingerprint density at radius 2 is 1.91 bits per heavy atom. The van der Waals surface area contributed by atoms with Gasteiger partial charge in [0.15, 0.2) is 0 Å². The van der Waals surface area contributed by atoms with Crippen molar-refractivity contribution >= 4 is 29.3 Å². The Labute approximate surface area is 137 Å². The Morgan fingerprint density at radius 1 is 1.23 bits per heavy atom. The third kappa shape index (κ3) is 5.02. The molecule has 116 valence electrons. The van der Waals surface area contributed by atoms with Crippen LogP contribution in [0.3, 0.4) is 0 Å². The lowest BCUT2D eigenvalue weighted by Crippen LogP contribution is -2.29. The van der Waals surface area contributed by atoms with Gasteiger partial charge in [-0.1, -0.05) is 29.8 Å². The molecule has 0 aliphatic carbocycles. The molecule has 0 fully saturated rings. The van der Waals surface area contributed by atoms with E-state index in [1.54, 1.807) is 36.4 Å². The summed E-state index contributed by atoms with van der Waals surface area (Å²) in [6.45, 7) is 0.0898. The van der Waals surface area contributed by atoms with Crippen LogP contribution in [0.1, 0.15) is 11.7 Å². The first-order valence-electron chi connectivity index (χ1n) is 6.64. The van der Waals surface area contributed by atoms with E-state index >= 15 is 0 Å². The third-order valence-electron chi connectivity index (χ3n) is 2.94. The molecule has 2 aromatic rings. The van der Waals surface area contributed by atoms with Crippen molar-refractivity contribution < 1.29 is 14.3 Å². The molecule has 0 aliphatic heterocycles. The molecule has 0 aliphatic rings. The Morgan fingerprint density at radius 3 is 2.59 bits per heavy atom. The number of hydrogen-bond donors (Lipinski definition) is 2. The molecule has 22 heavy (non-hydrogen) atoms. The van der Waals surface area contributed by atoms with Crippen LogP contribution < -0.4 is 5.32 Å². The van der Waals surface area contributed by atoms with Crippen molar-refractivity contribution in [3.63, 3.8) is 0 Å². The molecule has 0 saturated heterocycles. The third-order valence-corrected chi connectivity index (χ3v) is 4.30. The van der Waals surface area contributed by atoms with E-state index in [2.05, 4.69) is 5.32 Å². The molecule has 0 radical (unpaired) electrons. The molecule has 0 saturated carbocycles. The number of amides is 1. The lowest BCUT2D eigenvalue weighted by molar-refractivity contribution is -0.119. The lowest BCUT2D eigenvalue weighted by Gasteiger charge is -2.13. The van der Waals surface area contributed by atoms with Crippen molar-refractivity contribution in [2.45, 2.75) is 11.0 Å². The van der Waals surface area contributed by atoms with Gasteiger partial charge < -0.3 is 10.4 Å². The molecule has 2 aromatic carbocycles. The summed E-state index contributed by atoms with van der Waals surface area (Å²) in [6.07, 6.45) is -0.853. The quantitative estimate of drug-likeness (QED) is 0.793. The molecule has 3 nitrogen and oxygen atoms in total. The van der Waals surface area contributed by atoms with Crippen molar-refractivity contribution in [1.29, 1.82) is 0 Å². The molecule has 0 heterocycles.